The Labute approximate surface area is 224 Å². The third kappa shape index (κ3) is 25.7. The molecule has 8 heteroatoms. The van der Waals surface area contributed by atoms with E-state index in [-0.39, 0.29) is 39.4 Å². The SMILES string of the molecule is CC(C)(C)[N-]C([N-]C(C)(C)C)C(C)(C)C.CC(C)(C)[N]=[Mo]=[N]C(C)(C)C.O=[N+]([O-])c1cc[c-]cc1. The van der Waals surface area contributed by atoms with E-state index < -0.39 is 23.1 Å². The summed E-state index contributed by atoms with van der Waals surface area (Å²) in [6.45, 7) is 32.1. The van der Waals surface area contributed by atoms with Gasteiger partial charge in [-0.2, -0.15) is 18.2 Å². The predicted octanol–water partition coefficient (Wildman–Crippen LogP) is 9.13. The molecule has 0 aliphatic carbocycles. The van der Waals surface area contributed by atoms with Crippen LogP contribution in [0.1, 0.15) is 104 Å². The van der Waals surface area contributed by atoms with Gasteiger partial charge in [-0.25, -0.2) is 6.17 Å². The zero-order chi connectivity index (χ0) is 28.3. The van der Waals surface area contributed by atoms with Crippen molar-refractivity contribution in [1.29, 1.82) is 0 Å². The maximum atomic E-state index is 9.99. The maximum Gasteiger partial charge on any atom is 0.166 e. The molecule has 0 saturated heterocycles. The van der Waals surface area contributed by atoms with Crippen molar-refractivity contribution >= 4 is 5.69 Å². The molecule has 0 bridgehead atoms. The Hall–Kier alpha value is -1.17. The number of hydrogen-bond acceptors (Lipinski definition) is 4. The van der Waals surface area contributed by atoms with Crippen LogP contribution in [0.25, 0.3) is 10.6 Å². The fourth-order valence-electron chi connectivity index (χ4n) is 1.92. The largest absolute Gasteiger partial charge is 0.260 e. The van der Waals surface area contributed by atoms with Gasteiger partial charge in [0, 0.05) is 4.92 Å². The molecular formula is C27H50MoN5O2-3. The first-order valence-corrected chi connectivity index (χ1v) is 13.8. The van der Waals surface area contributed by atoms with Crippen LogP contribution < -0.4 is 0 Å². The van der Waals surface area contributed by atoms with Gasteiger partial charge in [-0.15, -0.1) is 11.1 Å². The Balaban J connectivity index is 0. The number of nitrogens with zero attached hydrogens (tertiary/aromatic N) is 5. The molecule has 0 heterocycles. The summed E-state index contributed by atoms with van der Waals surface area (Å²) in [6.07, 6.45) is 0.0671. The summed E-state index contributed by atoms with van der Waals surface area (Å²) in [7, 11) is 0. The minimum atomic E-state index is -0.473. The molecule has 1 aromatic carbocycles. The van der Waals surface area contributed by atoms with Crippen molar-refractivity contribution in [3.8, 4) is 0 Å². The normalized spacial score (nSPS) is 12.6. The number of rotatable bonds is 3. The van der Waals surface area contributed by atoms with Gasteiger partial charge >= 0.3 is 77.8 Å². The summed E-state index contributed by atoms with van der Waals surface area (Å²) in [6, 6.07) is 8.51. The zero-order valence-electron chi connectivity index (χ0n) is 24.8. The first-order chi connectivity index (χ1) is 15.3. The van der Waals surface area contributed by atoms with Gasteiger partial charge in [0.2, 0.25) is 0 Å². The summed E-state index contributed by atoms with van der Waals surface area (Å²) in [4.78, 5) is 9.56. The zero-order valence-corrected chi connectivity index (χ0v) is 26.9. The number of nitro benzene ring substituents is 1. The topological polar surface area (TPSA) is 96.1 Å². The standard InChI is InChI=1S/C13H28N2.C6H4NO2.2C4H9N.Mo/c1-11(2,3)10(14-12(4,5)6)15-13(7,8)9;8-7(9)6-4-2-1-3-5-6;2*1-4(2,3)5;/h10H,1-9H3;2-5H;2*1-3H3;/q-2;-1;;;. The van der Waals surface area contributed by atoms with E-state index in [1.165, 1.54) is 24.3 Å². The van der Waals surface area contributed by atoms with Crippen molar-refractivity contribution in [2.24, 2.45) is 12.4 Å². The smallest absolute Gasteiger partial charge is 0.166 e. The number of nitro groups is 1. The quantitative estimate of drug-likeness (QED) is 0.156. The van der Waals surface area contributed by atoms with Crippen LogP contribution in [0, 0.1) is 21.6 Å². The van der Waals surface area contributed by atoms with Crippen LogP contribution in [0.15, 0.2) is 31.3 Å². The molecule has 0 N–H and O–H groups in total. The molecule has 0 aliphatic rings. The fraction of sp³-hybridized carbons (Fsp3) is 0.778. The van der Waals surface area contributed by atoms with Crippen LogP contribution in [0.2, 0.25) is 0 Å². The third-order valence-electron chi connectivity index (χ3n) is 3.33. The second kappa shape index (κ2) is 14.5. The minimum absolute atomic E-state index is 0.0211. The van der Waals surface area contributed by atoms with E-state index in [1.54, 1.807) is 0 Å². The number of hydrogen-bond donors (Lipinski definition) is 0. The van der Waals surface area contributed by atoms with Gasteiger partial charge < -0.3 is 10.6 Å². The molecule has 0 amide bonds. The Kier molecular flexibility index (Phi) is 14.9. The van der Waals surface area contributed by atoms with Crippen molar-refractivity contribution in [3.63, 3.8) is 0 Å². The summed E-state index contributed by atoms with van der Waals surface area (Å²) in [5.74, 6) is 0. The molecule has 0 aromatic heterocycles. The molecule has 0 atom stereocenters. The van der Waals surface area contributed by atoms with Crippen molar-refractivity contribution < 1.29 is 23.1 Å². The molecule has 0 radical (unpaired) electrons. The Morgan fingerprint density at radius 3 is 1.31 bits per heavy atom. The molecule has 1 aromatic rings. The van der Waals surface area contributed by atoms with E-state index in [1.807, 2.05) is 0 Å². The molecule has 35 heavy (non-hydrogen) atoms. The summed E-state index contributed by atoms with van der Waals surface area (Å²) < 4.78 is 9.01. The van der Waals surface area contributed by atoms with Gasteiger partial charge in [-0.3, -0.25) is 10.1 Å². The van der Waals surface area contributed by atoms with Crippen molar-refractivity contribution in [1.82, 2.24) is 0 Å². The van der Waals surface area contributed by atoms with Crippen LogP contribution in [0.3, 0.4) is 0 Å². The van der Waals surface area contributed by atoms with Gasteiger partial charge in [0.25, 0.3) is 0 Å². The van der Waals surface area contributed by atoms with E-state index in [0.717, 1.165) is 0 Å². The van der Waals surface area contributed by atoms with E-state index in [4.69, 9.17) is 10.6 Å². The van der Waals surface area contributed by atoms with Gasteiger partial charge in [0.15, 0.2) is 5.69 Å². The molecule has 7 nitrogen and oxygen atoms in total. The van der Waals surface area contributed by atoms with Crippen LogP contribution in [-0.2, 0) is 18.2 Å². The first kappa shape index (κ1) is 36.0. The van der Waals surface area contributed by atoms with Crippen molar-refractivity contribution in [2.45, 2.75) is 132 Å². The molecule has 204 valence electrons. The molecule has 1 rings (SSSR count). The Morgan fingerprint density at radius 2 is 1.11 bits per heavy atom. The summed E-state index contributed by atoms with van der Waals surface area (Å²) in [5, 5.41) is 19.6. The average Bonchev–Trinajstić information content (AvgIpc) is 2.57. The molecule has 0 saturated carbocycles. The van der Waals surface area contributed by atoms with E-state index in [9.17, 15) is 10.1 Å². The summed E-state index contributed by atoms with van der Waals surface area (Å²) >= 11 is -0.473. The molecule has 0 aliphatic heterocycles. The molecule has 0 fully saturated rings. The molecule has 0 spiro atoms. The fourth-order valence-corrected chi connectivity index (χ4v) is 3.22. The van der Waals surface area contributed by atoms with E-state index in [2.05, 4.69) is 117 Å². The first-order valence-electron chi connectivity index (χ1n) is 12.0. The Bertz CT molecular complexity index is 766. The third-order valence-corrected chi connectivity index (χ3v) is 6.43. The van der Waals surface area contributed by atoms with Crippen LogP contribution in [0.5, 0.6) is 0 Å². The maximum absolute atomic E-state index is 9.99. The van der Waals surface area contributed by atoms with Gasteiger partial charge in [0.1, 0.15) is 0 Å². The monoisotopic (exact) mass is 574 g/mol. The number of benzene rings is 1. The van der Waals surface area contributed by atoms with Crippen LogP contribution >= 0.6 is 0 Å². The van der Waals surface area contributed by atoms with Gasteiger partial charge in [-0.05, 0) is 0 Å². The van der Waals surface area contributed by atoms with Crippen molar-refractivity contribution in [3.05, 3.63) is 51.1 Å². The Morgan fingerprint density at radius 1 is 0.771 bits per heavy atom. The predicted molar refractivity (Wildman–Crippen MR) is 146 cm³/mol. The minimum Gasteiger partial charge on any atom is -0.260 e. The second-order valence-corrected chi connectivity index (χ2v) is 14.8. The van der Waals surface area contributed by atoms with Crippen LogP contribution in [-0.4, -0.2) is 33.2 Å². The average molecular weight is 573 g/mol. The van der Waals surface area contributed by atoms with Gasteiger partial charge in [-0.1, -0.05) is 79.9 Å². The van der Waals surface area contributed by atoms with Crippen LogP contribution in [0.4, 0.5) is 5.69 Å². The second-order valence-electron chi connectivity index (χ2n) is 13.5. The van der Waals surface area contributed by atoms with E-state index in [0.29, 0.717) is 0 Å². The molecular weight excluding hydrogens is 522 g/mol. The molecule has 0 unspecified atom stereocenters. The van der Waals surface area contributed by atoms with E-state index >= 15 is 0 Å². The van der Waals surface area contributed by atoms with Gasteiger partial charge in [0.05, 0.1) is 0 Å². The summed E-state index contributed by atoms with van der Waals surface area (Å²) in [5.41, 5.74) is 0.377. The van der Waals surface area contributed by atoms with Crippen molar-refractivity contribution in [2.75, 3.05) is 0 Å². The number of non-ortho nitro benzene ring substituents is 1.